The summed E-state index contributed by atoms with van der Waals surface area (Å²) in [5, 5.41) is 13.9. The average molecular weight is 225 g/mol. The third-order valence-electron chi connectivity index (χ3n) is 1.97. The van der Waals surface area contributed by atoms with Gasteiger partial charge in [-0.3, -0.25) is 0 Å². The Labute approximate surface area is 90.9 Å². The second-order valence-electron chi connectivity index (χ2n) is 3.03. The van der Waals surface area contributed by atoms with E-state index in [0.717, 1.165) is 10.7 Å². The minimum Gasteiger partial charge on any atom is -0.396 e. The van der Waals surface area contributed by atoms with Crippen LogP contribution >= 0.6 is 22.7 Å². The van der Waals surface area contributed by atoms with Crippen LogP contribution in [0.2, 0.25) is 0 Å². The molecule has 0 aromatic carbocycles. The minimum absolute atomic E-state index is 0.177. The fourth-order valence-electron chi connectivity index (χ4n) is 1.26. The highest BCUT2D eigenvalue weighted by Crippen LogP contribution is 2.29. The molecular formula is C10H11NOS2. The van der Waals surface area contributed by atoms with Crippen molar-refractivity contribution >= 4 is 22.7 Å². The van der Waals surface area contributed by atoms with Crippen molar-refractivity contribution in [3.63, 3.8) is 0 Å². The summed E-state index contributed by atoms with van der Waals surface area (Å²) in [6.07, 6.45) is 0.662. The zero-order valence-electron chi connectivity index (χ0n) is 7.86. The van der Waals surface area contributed by atoms with Gasteiger partial charge in [0.25, 0.3) is 0 Å². The van der Waals surface area contributed by atoms with Gasteiger partial charge in [0.2, 0.25) is 0 Å². The lowest BCUT2D eigenvalue weighted by molar-refractivity contribution is 0.299. The first-order valence-corrected chi connectivity index (χ1v) is 6.17. The number of aliphatic hydroxyl groups is 1. The van der Waals surface area contributed by atoms with E-state index >= 15 is 0 Å². The van der Waals surface area contributed by atoms with Crippen LogP contribution in [0.25, 0.3) is 10.6 Å². The number of hydrogen-bond donors (Lipinski definition) is 1. The number of aryl methyl sites for hydroxylation is 1. The van der Waals surface area contributed by atoms with Crippen molar-refractivity contribution in [2.45, 2.75) is 13.3 Å². The van der Waals surface area contributed by atoms with E-state index in [1.165, 1.54) is 10.4 Å². The van der Waals surface area contributed by atoms with Gasteiger partial charge in [-0.25, -0.2) is 4.98 Å². The summed E-state index contributed by atoms with van der Waals surface area (Å²) in [7, 11) is 0. The Bertz CT molecular complexity index is 419. The first-order chi connectivity index (χ1) is 6.81. The highest BCUT2D eigenvalue weighted by Gasteiger charge is 2.07. The van der Waals surface area contributed by atoms with Crippen LogP contribution in [-0.4, -0.2) is 16.7 Å². The predicted octanol–water partition coefficient (Wildman–Crippen LogP) is 2.71. The molecular weight excluding hydrogens is 214 g/mol. The van der Waals surface area contributed by atoms with E-state index < -0.39 is 0 Å². The third kappa shape index (κ3) is 1.87. The van der Waals surface area contributed by atoms with Crippen LogP contribution in [0.5, 0.6) is 0 Å². The molecule has 0 saturated carbocycles. The molecule has 14 heavy (non-hydrogen) atoms. The summed E-state index contributed by atoms with van der Waals surface area (Å²) in [5.74, 6) is 0. The van der Waals surface area contributed by atoms with Gasteiger partial charge in [-0.2, -0.15) is 0 Å². The van der Waals surface area contributed by atoms with E-state index in [2.05, 4.69) is 28.7 Å². The van der Waals surface area contributed by atoms with Crippen LogP contribution in [0.15, 0.2) is 16.8 Å². The summed E-state index contributed by atoms with van der Waals surface area (Å²) in [4.78, 5) is 5.71. The van der Waals surface area contributed by atoms with Gasteiger partial charge in [0.15, 0.2) is 0 Å². The molecule has 4 heteroatoms. The van der Waals surface area contributed by atoms with Crippen LogP contribution < -0.4 is 0 Å². The highest BCUT2D eigenvalue weighted by molar-refractivity contribution is 7.14. The molecule has 0 aliphatic rings. The Morgan fingerprint density at radius 3 is 2.93 bits per heavy atom. The zero-order chi connectivity index (χ0) is 9.97. The first kappa shape index (κ1) is 9.83. The number of hydrogen-bond acceptors (Lipinski definition) is 4. The predicted molar refractivity (Wildman–Crippen MR) is 61.0 cm³/mol. The fraction of sp³-hybridized carbons (Fsp3) is 0.300. The molecule has 0 amide bonds. The maximum absolute atomic E-state index is 8.78. The van der Waals surface area contributed by atoms with Crippen molar-refractivity contribution in [1.82, 2.24) is 4.98 Å². The Kier molecular flexibility index (Phi) is 2.96. The van der Waals surface area contributed by atoms with E-state index in [9.17, 15) is 0 Å². The molecule has 0 spiro atoms. The second kappa shape index (κ2) is 4.21. The molecule has 0 radical (unpaired) electrons. The van der Waals surface area contributed by atoms with Crippen LogP contribution in [0.1, 0.15) is 10.6 Å². The number of aliphatic hydroxyl groups excluding tert-OH is 1. The van der Waals surface area contributed by atoms with Gasteiger partial charge < -0.3 is 5.11 Å². The van der Waals surface area contributed by atoms with E-state index in [-0.39, 0.29) is 6.61 Å². The van der Waals surface area contributed by atoms with Gasteiger partial charge in [-0.15, -0.1) is 22.7 Å². The SMILES string of the molecule is Cc1ccsc1-c1csc(CCO)n1. The van der Waals surface area contributed by atoms with E-state index in [1.54, 1.807) is 22.7 Å². The molecule has 0 saturated heterocycles. The molecule has 2 heterocycles. The summed E-state index contributed by atoms with van der Waals surface area (Å²) >= 11 is 3.33. The lowest BCUT2D eigenvalue weighted by Gasteiger charge is -1.92. The molecule has 0 aliphatic heterocycles. The largest absolute Gasteiger partial charge is 0.396 e. The Morgan fingerprint density at radius 2 is 2.29 bits per heavy atom. The highest BCUT2D eigenvalue weighted by atomic mass is 32.1. The van der Waals surface area contributed by atoms with Gasteiger partial charge >= 0.3 is 0 Å². The molecule has 0 atom stereocenters. The van der Waals surface area contributed by atoms with Gasteiger partial charge in [-0.05, 0) is 23.9 Å². The fourth-order valence-corrected chi connectivity index (χ4v) is 3.00. The van der Waals surface area contributed by atoms with Crippen LogP contribution in [-0.2, 0) is 6.42 Å². The Morgan fingerprint density at radius 1 is 1.43 bits per heavy atom. The summed E-state index contributed by atoms with van der Waals surface area (Å²) in [6, 6.07) is 2.10. The monoisotopic (exact) mass is 225 g/mol. The standard InChI is InChI=1S/C10H11NOS2/c1-7-3-5-13-10(7)8-6-14-9(11-8)2-4-12/h3,5-6,12H,2,4H2,1H3. The summed E-state index contributed by atoms with van der Waals surface area (Å²) in [5.41, 5.74) is 2.32. The molecule has 2 aromatic rings. The number of aromatic nitrogens is 1. The van der Waals surface area contributed by atoms with Crippen LogP contribution in [0, 0.1) is 6.92 Å². The zero-order valence-corrected chi connectivity index (χ0v) is 9.49. The van der Waals surface area contributed by atoms with E-state index in [0.29, 0.717) is 6.42 Å². The number of thiophene rings is 1. The molecule has 2 nitrogen and oxygen atoms in total. The molecule has 1 N–H and O–H groups in total. The minimum atomic E-state index is 0.177. The van der Waals surface area contributed by atoms with Crippen molar-refractivity contribution < 1.29 is 5.11 Å². The number of thiazole rings is 1. The normalized spacial score (nSPS) is 10.7. The lowest BCUT2D eigenvalue weighted by atomic mass is 10.2. The van der Waals surface area contributed by atoms with E-state index in [1.807, 2.05) is 0 Å². The number of rotatable bonds is 3. The molecule has 2 rings (SSSR count). The molecule has 0 bridgehead atoms. The van der Waals surface area contributed by atoms with Gasteiger partial charge in [0, 0.05) is 18.4 Å². The third-order valence-corrected chi connectivity index (χ3v) is 3.92. The molecule has 0 fully saturated rings. The van der Waals surface area contributed by atoms with Crippen molar-refractivity contribution in [2.75, 3.05) is 6.61 Å². The van der Waals surface area contributed by atoms with Crippen molar-refractivity contribution in [2.24, 2.45) is 0 Å². The molecule has 74 valence electrons. The smallest absolute Gasteiger partial charge is 0.0955 e. The summed E-state index contributed by atoms with van der Waals surface area (Å²) < 4.78 is 0. The van der Waals surface area contributed by atoms with Gasteiger partial charge in [0.05, 0.1) is 15.6 Å². The van der Waals surface area contributed by atoms with Crippen molar-refractivity contribution in [3.05, 3.63) is 27.4 Å². The van der Waals surface area contributed by atoms with Gasteiger partial charge in [-0.1, -0.05) is 0 Å². The maximum Gasteiger partial charge on any atom is 0.0955 e. The van der Waals surface area contributed by atoms with E-state index in [4.69, 9.17) is 5.11 Å². The number of nitrogens with zero attached hydrogens (tertiary/aromatic N) is 1. The lowest BCUT2D eigenvalue weighted by Crippen LogP contribution is -1.88. The van der Waals surface area contributed by atoms with Crippen LogP contribution in [0.4, 0.5) is 0 Å². The van der Waals surface area contributed by atoms with Gasteiger partial charge in [0.1, 0.15) is 0 Å². The molecule has 2 aromatic heterocycles. The van der Waals surface area contributed by atoms with Crippen molar-refractivity contribution in [1.29, 1.82) is 0 Å². The summed E-state index contributed by atoms with van der Waals surface area (Å²) in [6.45, 7) is 2.27. The quantitative estimate of drug-likeness (QED) is 0.871. The topological polar surface area (TPSA) is 33.1 Å². The average Bonchev–Trinajstić information content (AvgIpc) is 2.74. The Hall–Kier alpha value is -0.710. The maximum atomic E-state index is 8.78. The Balaban J connectivity index is 2.29. The molecule has 0 aliphatic carbocycles. The first-order valence-electron chi connectivity index (χ1n) is 4.41. The van der Waals surface area contributed by atoms with Crippen molar-refractivity contribution in [3.8, 4) is 10.6 Å². The van der Waals surface area contributed by atoms with Crippen LogP contribution in [0.3, 0.4) is 0 Å². The second-order valence-corrected chi connectivity index (χ2v) is 4.89. The molecule has 0 unspecified atom stereocenters.